The largest absolute Gasteiger partial charge is 0.316 e. The third-order valence-electron chi connectivity index (χ3n) is 3.45. The number of hydrogen-bond acceptors (Lipinski definition) is 3. The summed E-state index contributed by atoms with van der Waals surface area (Å²) in [6, 6.07) is 4.89. The van der Waals surface area contributed by atoms with Crippen molar-refractivity contribution in [1.29, 1.82) is 0 Å². The van der Waals surface area contributed by atoms with E-state index in [4.69, 9.17) is 11.6 Å². The Kier molecular flexibility index (Phi) is 5.86. The zero-order valence-electron chi connectivity index (χ0n) is 11.0. The van der Waals surface area contributed by atoms with E-state index in [-0.39, 0.29) is 9.92 Å². The smallest absolute Gasteiger partial charge is 0.242 e. The van der Waals surface area contributed by atoms with Gasteiger partial charge in [0.1, 0.15) is 4.90 Å². The van der Waals surface area contributed by atoms with Crippen LogP contribution in [0.1, 0.15) is 19.3 Å². The first-order valence-corrected chi connectivity index (χ1v) is 9.30. The highest BCUT2D eigenvalue weighted by molar-refractivity contribution is 9.10. The van der Waals surface area contributed by atoms with Gasteiger partial charge in [0.25, 0.3) is 0 Å². The molecule has 0 spiro atoms. The van der Waals surface area contributed by atoms with E-state index in [1.807, 2.05) is 0 Å². The lowest BCUT2D eigenvalue weighted by Gasteiger charge is -2.22. The van der Waals surface area contributed by atoms with Gasteiger partial charge in [-0.15, -0.1) is 0 Å². The van der Waals surface area contributed by atoms with Crippen LogP contribution in [-0.2, 0) is 10.0 Å². The summed E-state index contributed by atoms with van der Waals surface area (Å²) in [5.74, 6) is 0.546. The van der Waals surface area contributed by atoms with Crippen molar-refractivity contribution in [3.8, 4) is 0 Å². The molecule has 1 aromatic rings. The summed E-state index contributed by atoms with van der Waals surface area (Å²) in [5.41, 5.74) is 0. The first-order valence-electron chi connectivity index (χ1n) is 6.65. The fourth-order valence-corrected chi connectivity index (χ4v) is 4.41. The Morgan fingerprint density at radius 1 is 1.45 bits per heavy atom. The Morgan fingerprint density at radius 3 is 2.95 bits per heavy atom. The lowest BCUT2D eigenvalue weighted by molar-refractivity contribution is 0.358. The van der Waals surface area contributed by atoms with E-state index in [9.17, 15) is 8.42 Å². The summed E-state index contributed by atoms with van der Waals surface area (Å²) in [7, 11) is -3.55. The molecule has 2 N–H and O–H groups in total. The molecule has 1 unspecified atom stereocenters. The molecule has 0 radical (unpaired) electrons. The van der Waals surface area contributed by atoms with E-state index in [2.05, 4.69) is 26.0 Å². The highest BCUT2D eigenvalue weighted by Crippen LogP contribution is 2.29. The molecule has 1 aliphatic rings. The first kappa shape index (κ1) is 16.2. The van der Waals surface area contributed by atoms with Crippen molar-refractivity contribution >= 4 is 37.6 Å². The van der Waals surface area contributed by atoms with Crippen LogP contribution in [0.3, 0.4) is 0 Å². The fraction of sp³-hybridized carbons (Fsp3) is 0.538. The second-order valence-electron chi connectivity index (χ2n) is 4.95. The van der Waals surface area contributed by atoms with Crippen LogP contribution in [0.15, 0.2) is 27.6 Å². The van der Waals surface area contributed by atoms with Gasteiger partial charge in [0, 0.05) is 11.0 Å². The zero-order valence-corrected chi connectivity index (χ0v) is 14.2. The maximum Gasteiger partial charge on any atom is 0.242 e. The van der Waals surface area contributed by atoms with E-state index >= 15 is 0 Å². The Bertz CT molecular complexity index is 559. The summed E-state index contributed by atoms with van der Waals surface area (Å²) < 4.78 is 27.6. The second kappa shape index (κ2) is 7.22. The van der Waals surface area contributed by atoms with Crippen molar-refractivity contribution in [3.05, 3.63) is 27.7 Å². The molecule has 7 heteroatoms. The number of rotatable bonds is 5. The highest BCUT2D eigenvalue weighted by atomic mass is 79.9. The second-order valence-corrected chi connectivity index (χ2v) is 7.92. The van der Waals surface area contributed by atoms with Crippen LogP contribution in [0, 0.1) is 5.92 Å². The molecule has 2 rings (SSSR count). The monoisotopic (exact) mass is 380 g/mol. The molecule has 1 aliphatic heterocycles. The summed E-state index contributed by atoms with van der Waals surface area (Å²) >= 11 is 9.27. The molecule has 20 heavy (non-hydrogen) atoms. The summed E-state index contributed by atoms with van der Waals surface area (Å²) in [4.78, 5) is 0.121. The maximum atomic E-state index is 12.2. The van der Waals surface area contributed by atoms with Crippen LogP contribution in [0.25, 0.3) is 0 Å². The normalized spacial score (nSPS) is 20.0. The quantitative estimate of drug-likeness (QED) is 0.824. The third-order valence-corrected chi connectivity index (χ3v) is 6.36. The minimum Gasteiger partial charge on any atom is -0.316 e. The van der Waals surface area contributed by atoms with Gasteiger partial charge in [-0.3, -0.25) is 0 Å². The minimum absolute atomic E-state index is 0.121. The SMILES string of the molecule is O=S(=O)(NCCC1CCCNC1)c1cccc(Br)c1Cl. The molecule has 1 aromatic carbocycles. The van der Waals surface area contributed by atoms with Gasteiger partial charge in [-0.1, -0.05) is 17.7 Å². The van der Waals surface area contributed by atoms with E-state index in [0.717, 1.165) is 32.4 Å². The molecule has 0 bridgehead atoms. The summed E-state index contributed by atoms with van der Waals surface area (Å²) in [5, 5.41) is 3.55. The minimum atomic E-state index is -3.55. The highest BCUT2D eigenvalue weighted by Gasteiger charge is 2.20. The Hall–Kier alpha value is -0.140. The van der Waals surface area contributed by atoms with Gasteiger partial charge in [-0.2, -0.15) is 0 Å². The van der Waals surface area contributed by atoms with Gasteiger partial charge < -0.3 is 5.32 Å². The van der Waals surface area contributed by atoms with Crippen LogP contribution in [-0.4, -0.2) is 28.1 Å². The van der Waals surface area contributed by atoms with Gasteiger partial charge in [-0.25, -0.2) is 13.1 Å². The lowest BCUT2D eigenvalue weighted by atomic mass is 9.96. The number of piperidine rings is 1. The molecule has 0 amide bonds. The molecule has 1 heterocycles. The Balaban J connectivity index is 1.95. The third kappa shape index (κ3) is 4.18. The van der Waals surface area contributed by atoms with E-state index in [0.29, 0.717) is 16.9 Å². The van der Waals surface area contributed by atoms with Crippen molar-refractivity contribution in [3.63, 3.8) is 0 Å². The van der Waals surface area contributed by atoms with Crippen LogP contribution in [0.2, 0.25) is 5.02 Å². The number of nitrogens with one attached hydrogen (secondary N) is 2. The molecule has 0 aromatic heterocycles. The number of halogens is 2. The van der Waals surface area contributed by atoms with E-state index in [1.165, 1.54) is 6.07 Å². The van der Waals surface area contributed by atoms with Gasteiger partial charge in [0.05, 0.1) is 5.02 Å². The average molecular weight is 382 g/mol. The van der Waals surface area contributed by atoms with Gasteiger partial charge in [0.15, 0.2) is 0 Å². The van der Waals surface area contributed by atoms with Crippen LogP contribution < -0.4 is 10.0 Å². The summed E-state index contributed by atoms with van der Waals surface area (Å²) in [6.07, 6.45) is 3.17. The lowest BCUT2D eigenvalue weighted by Crippen LogP contribution is -2.33. The zero-order chi connectivity index (χ0) is 14.6. The molecule has 0 saturated carbocycles. The van der Waals surface area contributed by atoms with Crippen molar-refractivity contribution < 1.29 is 8.42 Å². The van der Waals surface area contributed by atoms with Crippen molar-refractivity contribution in [2.24, 2.45) is 5.92 Å². The number of sulfonamides is 1. The Labute approximate surface area is 133 Å². The fourth-order valence-electron chi connectivity index (χ4n) is 2.34. The molecule has 0 aliphatic carbocycles. The van der Waals surface area contributed by atoms with Crippen LogP contribution in [0.4, 0.5) is 0 Å². The van der Waals surface area contributed by atoms with Crippen molar-refractivity contribution in [1.82, 2.24) is 10.0 Å². The maximum absolute atomic E-state index is 12.2. The van der Waals surface area contributed by atoms with Gasteiger partial charge >= 0.3 is 0 Å². The predicted octanol–water partition coefficient (Wildman–Crippen LogP) is 2.77. The van der Waals surface area contributed by atoms with E-state index < -0.39 is 10.0 Å². The number of hydrogen-bond donors (Lipinski definition) is 2. The molecule has 1 fully saturated rings. The standard InChI is InChI=1S/C13H18BrClN2O2S/c14-11-4-1-5-12(13(11)15)20(18,19)17-8-6-10-3-2-7-16-9-10/h1,4-5,10,16-17H,2-3,6-9H2. The predicted molar refractivity (Wildman–Crippen MR) is 84.6 cm³/mol. The number of benzene rings is 1. The van der Waals surface area contributed by atoms with Crippen LogP contribution >= 0.6 is 27.5 Å². The molecule has 112 valence electrons. The van der Waals surface area contributed by atoms with Crippen molar-refractivity contribution in [2.75, 3.05) is 19.6 Å². The molecular weight excluding hydrogens is 364 g/mol. The average Bonchev–Trinajstić information content (AvgIpc) is 2.42. The summed E-state index contributed by atoms with van der Waals surface area (Å²) in [6.45, 7) is 2.48. The van der Waals surface area contributed by atoms with E-state index in [1.54, 1.807) is 12.1 Å². The Morgan fingerprint density at radius 2 is 2.25 bits per heavy atom. The molecule has 1 saturated heterocycles. The molecule has 4 nitrogen and oxygen atoms in total. The first-order chi connectivity index (χ1) is 9.50. The van der Waals surface area contributed by atoms with Crippen LogP contribution in [0.5, 0.6) is 0 Å². The van der Waals surface area contributed by atoms with Crippen molar-refractivity contribution in [2.45, 2.75) is 24.2 Å². The molecular formula is C13H18BrClN2O2S. The van der Waals surface area contributed by atoms with Gasteiger partial charge in [0.2, 0.25) is 10.0 Å². The topological polar surface area (TPSA) is 58.2 Å². The molecule has 1 atom stereocenters. The van der Waals surface area contributed by atoms with Gasteiger partial charge in [-0.05, 0) is 66.3 Å².